The van der Waals surface area contributed by atoms with Crippen molar-refractivity contribution < 1.29 is 23.5 Å². The van der Waals surface area contributed by atoms with Crippen molar-refractivity contribution in [3.8, 4) is 17.4 Å². The van der Waals surface area contributed by atoms with E-state index in [1.807, 2.05) is 32.9 Å². The first-order chi connectivity index (χ1) is 18.8. The first kappa shape index (κ1) is 26.8. The lowest BCUT2D eigenvalue weighted by molar-refractivity contribution is 0.100. The second kappa shape index (κ2) is 11.5. The van der Waals surface area contributed by atoms with Gasteiger partial charge in [0.2, 0.25) is 5.88 Å². The van der Waals surface area contributed by atoms with Crippen molar-refractivity contribution >= 4 is 40.2 Å². The Labute approximate surface area is 230 Å². The monoisotopic (exact) mass is 549 g/mol. The van der Waals surface area contributed by atoms with Gasteiger partial charge < -0.3 is 24.1 Å². The number of carbonyl (C=O) groups is 1. The van der Waals surface area contributed by atoms with E-state index in [4.69, 9.17) is 18.7 Å². The van der Waals surface area contributed by atoms with Gasteiger partial charge in [0, 0.05) is 52.7 Å². The maximum Gasteiger partial charge on any atom is 0.324 e. The Morgan fingerprint density at radius 2 is 1.87 bits per heavy atom. The van der Waals surface area contributed by atoms with Gasteiger partial charge in [-0.3, -0.25) is 5.32 Å². The van der Waals surface area contributed by atoms with Crippen LogP contribution >= 0.6 is 11.8 Å². The van der Waals surface area contributed by atoms with Crippen LogP contribution in [0.2, 0.25) is 0 Å². The largest absolute Gasteiger partial charge is 0.497 e. The van der Waals surface area contributed by atoms with Crippen molar-refractivity contribution in [2.75, 3.05) is 31.0 Å². The first-order valence-corrected chi connectivity index (χ1v) is 13.6. The second-order valence-electron chi connectivity index (χ2n) is 10.2. The smallest absolute Gasteiger partial charge is 0.324 e. The van der Waals surface area contributed by atoms with Crippen molar-refractivity contribution in [1.82, 2.24) is 15.1 Å². The van der Waals surface area contributed by atoms with Gasteiger partial charge in [-0.05, 0) is 31.0 Å². The minimum absolute atomic E-state index is 0.214. The molecule has 0 aliphatic carbocycles. The van der Waals surface area contributed by atoms with Crippen LogP contribution in [0.5, 0.6) is 17.4 Å². The molecular formula is C28H31N5O5S. The van der Waals surface area contributed by atoms with Crippen LogP contribution in [0.25, 0.3) is 10.9 Å². The van der Waals surface area contributed by atoms with E-state index >= 15 is 0 Å². The van der Waals surface area contributed by atoms with E-state index in [1.54, 1.807) is 49.2 Å². The van der Waals surface area contributed by atoms with Crippen molar-refractivity contribution in [3.05, 3.63) is 54.6 Å². The van der Waals surface area contributed by atoms with Crippen LogP contribution < -0.4 is 20.1 Å². The normalized spacial score (nSPS) is 14.3. The number of ether oxygens (including phenoxy) is 3. The molecule has 3 heterocycles. The van der Waals surface area contributed by atoms with Crippen molar-refractivity contribution in [2.45, 2.75) is 49.2 Å². The highest BCUT2D eigenvalue weighted by molar-refractivity contribution is 8.00. The van der Waals surface area contributed by atoms with E-state index < -0.39 is 6.03 Å². The summed E-state index contributed by atoms with van der Waals surface area (Å²) in [6, 6.07) is 12.2. The predicted octanol–water partition coefficient (Wildman–Crippen LogP) is 6.63. The van der Waals surface area contributed by atoms with Gasteiger partial charge in [-0.15, -0.1) is 11.8 Å². The molecule has 0 spiro atoms. The number of carbonyl (C=O) groups excluding carboxylic acids is 1. The van der Waals surface area contributed by atoms with Crippen LogP contribution in [0.1, 0.15) is 39.4 Å². The van der Waals surface area contributed by atoms with E-state index in [2.05, 4.69) is 25.8 Å². The van der Waals surface area contributed by atoms with Crippen LogP contribution in [0.4, 0.5) is 16.3 Å². The highest BCUT2D eigenvalue weighted by Gasteiger charge is 2.22. The average Bonchev–Trinajstić information content (AvgIpc) is 3.38. The summed E-state index contributed by atoms with van der Waals surface area (Å²) in [5.74, 6) is 2.68. The molecule has 1 saturated heterocycles. The summed E-state index contributed by atoms with van der Waals surface area (Å²) < 4.78 is 22.6. The van der Waals surface area contributed by atoms with E-state index in [0.717, 1.165) is 47.6 Å². The predicted molar refractivity (Wildman–Crippen MR) is 150 cm³/mol. The topological polar surface area (TPSA) is 121 Å². The van der Waals surface area contributed by atoms with Crippen LogP contribution in [0.15, 0.2) is 58.2 Å². The number of methoxy groups -OCH3 is 1. The number of nitrogens with zero attached hydrogens (tertiary/aromatic N) is 3. The molecule has 2 aromatic carbocycles. The fourth-order valence-electron chi connectivity index (χ4n) is 4.08. The van der Waals surface area contributed by atoms with Crippen LogP contribution in [0, 0.1) is 0 Å². The Kier molecular flexibility index (Phi) is 7.89. The highest BCUT2D eigenvalue weighted by Crippen LogP contribution is 2.41. The molecule has 0 saturated carbocycles. The Morgan fingerprint density at radius 1 is 1.05 bits per heavy atom. The lowest BCUT2D eigenvalue weighted by atomic mass is 9.93. The fourth-order valence-corrected chi connectivity index (χ4v) is 5.36. The molecule has 11 heteroatoms. The van der Waals surface area contributed by atoms with E-state index in [9.17, 15) is 4.79 Å². The number of anilines is 2. The Bertz CT molecular complexity index is 1460. The van der Waals surface area contributed by atoms with Crippen LogP contribution in [0.3, 0.4) is 0 Å². The van der Waals surface area contributed by atoms with Gasteiger partial charge in [0.25, 0.3) is 0 Å². The summed E-state index contributed by atoms with van der Waals surface area (Å²) in [6.07, 6.45) is 3.41. The number of hydrogen-bond acceptors (Lipinski definition) is 9. The molecule has 2 N–H and O–H groups in total. The number of fused-ring (bicyclic) bond motifs is 1. The standard InChI is InChI=1S/C28H31N5O5S/c1-28(2,3)23-15-24(33-38-23)32-27(34)31-17-6-5-7-18(12-17)37-26-25-21(29-16-30-26)13-19(35-4)14-22(25)39-20-8-10-36-11-9-20/h5-7,12-16,20H,8-11H2,1-4H3,(H2,31,32,33,34). The third-order valence-electron chi connectivity index (χ3n) is 6.14. The fraction of sp³-hybridized carbons (Fsp3) is 0.357. The number of hydrogen-bond donors (Lipinski definition) is 2. The lowest BCUT2D eigenvalue weighted by Crippen LogP contribution is -2.19. The van der Waals surface area contributed by atoms with Gasteiger partial charge in [-0.1, -0.05) is 32.0 Å². The van der Waals surface area contributed by atoms with Gasteiger partial charge in [-0.2, -0.15) is 0 Å². The molecule has 1 aliphatic rings. The average molecular weight is 550 g/mol. The third-order valence-corrected chi connectivity index (χ3v) is 7.52. The molecule has 2 amide bonds. The number of benzene rings is 2. The summed E-state index contributed by atoms with van der Waals surface area (Å²) in [4.78, 5) is 22.5. The van der Waals surface area contributed by atoms with Crippen molar-refractivity contribution in [1.29, 1.82) is 0 Å². The van der Waals surface area contributed by atoms with Crippen molar-refractivity contribution in [2.24, 2.45) is 0 Å². The minimum atomic E-state index is -0.448. The first-order valence-electron chi connectivity index (χ1n) is 12.7. The Balaban J connectivity index is 1.35. The summed E-state index contributed by atoms with van der Waals surface area (Å²) in [6.45, 7) is 7.52. The van der Waals surface area contributed by atoms with Crippen LogP contribution in [-0.4, -0.2) is 46.7 Å². The maximum atomic E-state index is 12.6. The zero-order chi connectivity index (χ0) is 27.4. The number of aromatic nitrogens is 3. The lowest BCUT2D eigenvalue weighted by Gasteiger charge is -2.22. The summed E-state index contributed by atoms with van der Waals surface area (Å²) >= 11 is 1.76. The van der Waals surface area contributed by atoms with E-state index in [0.29, 0.717) is 34.1 Å². The minimum Gasteiger partial charge on any atom is -0.497 e. The molecule has 0 unspecified atom stereocenters. The number of urea groups is 1. The Morgan fingerprint density at radius 3 is 2.62 bits per heavy atom. The molecule has 1 fully saturated rings. The zero-order valence-corrected chi connectivity index (χ0v) is 23.1. The molecule has 204 valence electrons. The molecule has 1 aliphatic heterocycles. The molecule has 39 heavy (non-hydrogen) atoms. The molecule has 2 aromatic heterocycles. The van der Waals surface area contributed by atoms with E-state index in [-0.39, 0.29) is 5.41 Å². The molecule has 5 rings (SSSR count). The SMILES string of the molecule is COc1cc(SC2CCOCC2)c2c(Oc3cccc(NC(=O)Nc4cc(C(C)(C)C)on4)c3)ncnc2c1. The molecule has 0 bridgehead atoms. The summed E-state index contributed by atoms with van der Waals surface area (Å²) in [7, 11) is 1.64. The number of amides is 2. The molecule has 0 radical (unpaired) electrons. The van der Waals surface area contributed by atoms with Crippen molar-refractivity contribution in [3.63, 3.8) is 0 Å². The molecule has 10 nitrogen and oxygen atoms in total. The second-order valence-corrected chi connectivity index (χ2v) is 11.5. The van der Waals surface area contributed by atoms with Gasteiger partial charge >= 0.3 is 6.03 Å². The molecule has 4 aromatic rings. The summed E-state index contributed by atoms with van der Waals surface area (Å²) in [5, 5.41) is 10.6. The quantitative estimate of drug-likeness (QED) is 0.262. The molecule has 0 atom stereocenters. The Hall–Kier alpha value is -3.83. The third kappa shape index (κ3) is 6.61. The summed E-state index contributed by atoms with van der Waals surface area (Å²) in [5.41, 5.74) is 1.06. The maximum absolute atomic E-state index is 12.6. The van der Waals surface area contributed by atoms with Crippen LogP contribution in [-0.2, 0) is 10.2 Å². The van der Waals surface area contributed by atoms with Gasteiger partial charge in [-0.25, -0.2) is 14.8 Å². The molecular weight excluding hydrogens is 518 g/mol. The van der Waals surface area contributed by atoms with Gasteiger partial charge in [0.05, 0.1) is 18.0 Å². The zero-order valence-electron chi connectivity index (χ0n) is 22.3. The van der Waals surface area contributed by atoms with E-state index in [1.165, 1.54) is 6.33 Å². The number of thioether (sulfide) groups is 1. The number of rotatable bonds is 7. The highest BCUT2D eigenvalue weighted by atomic mass is 32.2. The van der Waals surface area contributed by atoms with Gasteiger partial charge in [0.15, 0.2) is 5.82 Å². The number of nitrogens with one attached hydrogen (secondary N) is 2. The van der Waals surface area contributed by atoms with Gasteiger partial charge in [0.1, 0.15) is 23.6 Å².